The number of rotatable bonds is 6. The fraction of sp³-hybridized carbons (Fsp3) is 0.421. The Balaban J connectivity index is 2.06. The lowest BCUT2D eigenvalue weighted by Crippen LogP contribution is -2.58. The van der Waals surface area contributed by atoms with Crippen molar-refractivity contribution in [3.05, 3.63) is 96.1 Å². The van der Waals surface area contributed by atoms with Crippen LogP contribution >= 0.6 is 0 Å². The molecule has 0 aliphatic heterocycles. The fourth-order valence-corrected chi connectivity index (χ4v) is 6.64. The predicted octanol–water partition coefficient (Wildman–Crippen LogP) is 3.73. The molecule has 0 bridgehead atoms. The molecule has 12 heteroatoms. The average Bonchev–Trinajstić information content (AvgIpc) is 3.28. The van der Waals surface area contributed by atoms with E-state index in [-0.39, 0.29) is 11.1 Å². The van der Waals surface area contributed by atoms with E-state index in [1.807, 2.05) is 0 Å². The first-order valence-corrected chi connectivity index (χ1v) is 16.1. The first kappa shape index (κ1) is 37.9. The largest absolute Gasteiger partial charge is 0.459 e. The highest BCUT2D eigenvalue weighted by Crippen LogP contribution is 2.52. The van der Waals surface area contributed by atoms with Crippen molar-refractivity contribution < 1.29 is 57.9 Å². The van der Waals surface area contributed by atoms with Crippen LogP contribution in [-0.2, 0) is 38.1 Å². The van der Waals surface area contributed by atoms with Crippen molar-refractivity contribution in [1.29, 1.82) is 0 Å². The van der Waals surface area contributed by atoms with Gasteiger partial charge in [0.05, 0.1) is 17.0 Å². The Labute approximate surface area is 290 Å². The van der Waals surface area contributed by atoms with Gasteiger partial charge in [-0.3, -0.25) is 19.2 Å². The maximum absolute atomic E-state index is 14.7. The molecule has 50 heavy (non-hydrogen) atoms. The molecule has 4 rings (SSSR count). The third kappa shape index (κ3) is 7.61. The normalized spacial score (nSPS) is 31.0. The number of ketones is 2. The Morgan fingerprint density at radius 3 is 1.84 bits per heavy atom. The maximum atomic E-state index is 14.7. The SMILES string of the molecule is C=C1C(OC(=O)c2ccccc2)C(=O)C(O)C(C)(C)C=CC(C)C(=O)C2(OC(C)=O)CC(C)(O)C(OC(C)=O)C2C1OC(=O)c1ccccc1. The third-order valence-electron chi connectivity index (χ3n) is 9.10. The third-order valence-corrected chi connectivity index (χ3v) is 9.10. The van der Waals surface area contributed by atoms with Crippen LogP contribution in [0.3, 0.4) is 0 Å². The van der Waals surface area contributed by atoms with E-state index in [0.29, 0.717) is 0 Å². The highest BCUT2D eigenvalue weighted by atomic mass is 16.6. The summed E-state index contributed by atoms with van der Waals surface area (Å²) in [6.07, 6.45) is -5.32. The van der Waals surface area contributed by atoms with Gasteiger partial charge in [0.25, 0.3) is 0 Å². The number of aliphatic hydroxyl groups is 2. The minimum atomic E-state index is -2.36. The molecule has 0 aromatic heterocycles. The van der Waals surface area contributed by atoms with Gasteiger partial charge in [0, 0.05) is 37.2 Å². The Morgan fingerprint density at radius 1 is 0.820 bits per heavy atom. The molecule has 2 N–H and O–H groups in total. The van der Waals surface area contributed by atoms with E-state index in [1.54, 1.807) is 36.4 Å². The molecule has 2 aromatic carbocycles. The highest BCUT2D eigenvalue weighted by molar-refractivity contribution is 5.97. The van der Waals surface area contributed by atoms with Crippen LogP contribution in [0.25, 0.3) is 0 Å². The van der Waals surface area contributed by atoms with Crippen molar-refractivity contribution in [1.82, 2.24) is 0 Å². The summed E-state index contributed by atoms with van der Waals surface area (Å²) in [4.78, 5) is 81.6. The summed E-state index contributed by atoms with van der Waals surface area (Å²) in [5.41, 5.74) is -6.23. The molecule has 266 valence electrons. The van der Waals surface area contributed by atoms with Crippen molar-refractivity contribution in [2.24, 2.45) is 17.3 Å². The molecule has 2 aromatic rings. The number of hydrogen-bond acceptors (Lipinski definition) is 12. The zero-order valence-electron chi connectivity index (χ0n) is 28.8. The van der Waals surface area contributed by atoms with Crippen molar-refractivity contribution in [3.63, 3.8) is 0 Å². The molecule has 0 heterocycles. The topological polar surface area (TPSA) is 180 Å². The Bertz CT molecular complexity index is 1690. The Hall–Kier alpha value is -4.94. The molecule has 8 unspecified atom stereocenters. The standard InChI is InChI=1S/C38H42O12/c1-21-18-19-36(5,6)32(43)28(41)30(49-35(45)26-16-12-9-13-17-26)22(2)29(48-34(44)25-14-10-8-11-15-25)27-33(47-23(3)39)37(7,46)20-38(27,31(21)42)50-24(4)40/h8-19,21,27,29-30,32-33,43,46H,2,20H2,1,3-7H3. The van der Waals surface area contributed by atoms with Crippen molar-refractivity contribution in [2.75, 3.05) is 0 Å². The zero-order chi connectivity index (χ0) is 37.2. The van der Waals surface area contributed by atoms with E-state index < -0.39 is 100 Å². The molecule has 0 saturated heterocycles. The lowest BCUT2D eigenvalue weighted by atomic mass is 9.72. The lowest BCUT2D eigenvalue weighted by Gasteiger charge is -2.42. The molecule has 8 atom stereocenters. The van der Waals surface area contributed by atoms with Gasteiger partial charge in [-0.05, 0) is 31.2 Å². The summed E-state index contributed by atoms with van der Waals surface area (Å²) in [6.45, 7) is 11.9. The quantitative estimate of drug-likeness (QED) is 0.255. The van der Waals surface area contributed by atoms with Crippen LogP contribution in [0.1, 0.15) is 68.7 Å². The second-order valence-corrected chi connectivity index (χ2v) is 13.6. The van der Waals surface area contributed by atoms with Gasteiger partial charge >= 0.3 is 23.9 Å². The number of Topliss-reactive ketones (excluding diaryl/α,β-unsaturated/α-hetero) is 2. The van der Waals surface area contributed by atoms with Crippen LogP contribution in [0.5, 0.6) is 0 Å². The van der Waals surface area contributed by atoms with Gasteiger partial charge in [-0.25, -0.2) is 9.59 Å². The Kier molecular flexibility index (Phi) is 11.0. The molecule has 1 saturated carbocycles. The molecule has 2 aliphatic rings. The van der Waals surface area contributed by atoms with Crippen molar-refractivity contribution >= 4 is 35.4 Å². The summed E-state index contributed by atoms with van der Waals surface area (Å²) in [5, 5.41) is 23.3. The van der Waals surface area contributed by atoms with Crippen LogP contribution in [0, 0.1) is 17.3 Å². The van der Waals surface area contributed by atoms with E-state index in [9.17, 15) is 39.0 Å². The van der Waals surface area contributed by atoms with E-state index in [1.165, 1.54) is 64.1 Å². The zero-order valence-corrected chi connectivity index (χ0v) is 28.8. The van der Waals surface area contributed by atoms with Crippen LogP contribution in [0.15, 0.2) is 85.0 Å². The average molecular weight is 691 g/mol. The van der Waals surface area contributed by atoms with Gasteiger partial charge in [0.1, 0.15) is 23.9 Å². The molecule has 2 aliphatic carbocycles. The number of hydrogen-bond donors (Lipinski definition) is 2. The molecule has 1 fully saturated rings. The number of carbonyl (C=O) groups is 6. The lowest BCUT2D eigenvalue weighted by molar-refractivity contribution is -0.182. The second-order valence-electron chi connectivity index (χ2n) is 13.6. The molecular weight excluding hydrogens is 648 g/mol. The predicted molar refractivity (Wildman–Crippen MR) is 177 cm³/mol. The minimum Gasteiger partial charge on any atom is -0.459 e. The molecule has 12 nitrogen and oxygen atoms in total. The number of ether oxygens (including phenoxy) is 4. The number of aliphatic hydroxyl groups excluding tert-OH is 1. The van der Waals surface area contributed by atoms with Gasteiger partial charge in [0.2, 0.25) is 5.78 Å². The maximum Gasteiger partial charge on any atom is 0.339 e. The van der Waals surface area contributed by atoms with Crippen LogP contribution in [-0.4, -0.2) is 81.3 Å². The summed E-state index contributed by atoms with van der Waals surface area (Å²) in [7, 11) is 0. The van der Waals surface area contributed by atoms with E-state index in [2.05, 4.69) is 6.58 Å². The summed E-state index contributed by atoms with van der Waals surface area (Å²) >= 11 is 0. The summed E-state index contributed by atoms with van der Waals surface area (Å²) in [6, 6.07) is 15.3. The van der Waals surface area contributed by atoms with Crippen LogP contribution in [0.4, 0.5) is 0 Å². The van der Waals surface area contributed by atoms with E-state index in [4.69, 9.17) is 18.9 Å². The second kappa shape index (κ2) is 14.5. The van der Waals surface area contributed by atoms with Gasteiger partial charge in [-0.2, -0.15) is 0 Å². The number of carbonyl (C=O) groups excluding carboxylic acids is 6. The van der Waals surface area contributed by atoms with Gasteiger partial charge in [0.15, 0.2) is 17.5 Å². The number of benzene rings is 2. The van der Waals surface area contributed by atoms with Crippen LogP contribution in [0.2, 0.25) is 0 Å². The fourth-order valence-electron chi connectivity index (χ4n) is 6.64. The van der Waals surface area contributed by atoms with Gasteiger partial charge in [-0.1, -0.05) is 75.9 Å². The molecular formula is C38H42O12. The first-order valence-electron chi connectivity index (χ1n) is 16.1. The molecule has 0 spiro atoms. The van der Waals surface area contributed by atoms with Crippen molar-refractivity contribution in [3.8, 4) is 0 Å². The smallest absolute Gasteiger partial charge is 0.339 e. The van der Waals surface area contributed by atoms with Gasteiger partial charge < -0.3 is 29.2 Å². The molecule has 0 amide bonds. The van der Waals surface area contributed by atoms with E-state index in [0.717, 1.165) is 13.8 Å². The monoisotopic (exact) mass is 690 g/mol. The highest BCUT2D eigenvalue weighted by Gasteiger charge is 2.70. The first-order chi connectivity index (χ1) is 23.3. The van der Waals surface area contributed by atoms with Gasteiger partial charge in [-0.15, -0.1) is 0 Å². The minimum absolute atomic E-state index is 0.0197. The summed E-state index contributed by atoms with van der Waals surface area (Å²) < 4.78 is 23.2. The molecule has 0 radical (unpaired) electrons. The Morgan fingerprint density at radius 2 is 1.34 bits per heavy atom. The van der Waals surface area contributed by atoms with Crippen LogP contribution < -0.4 is 0 Å². The number of esters is 4. The van der Waals surface area contributed by atoms with Crippen molar-refractivity contribution in [2.45, 2.75) is 83.6 Å². The number of allylic oxidation sites excluding steroid dienone is 1. The summed E-state index contributed by atoms with van der Waals surface area (Å²) in [5.74, 6) is -8.52. The number of fused-ring (bicyclic) bond motifs is 1. The van der Waals surface area contributed by atoms with E-state index >= 15 is 0 Å².